The van der Waals surface area contributed by atoms with Crippen molar-refractivity contribution in [2.75, 3.05) is 29.6 Å². The van der Waals surface area contributed by atoms with Gasteiger partial charge in [-0.05, 0) is 48.8 Å². The number of rotatable bonds is 10. The Hall–Kier alpha value is -4.36. The lowest BCUT2D eigenvalue weighted by molar-refractivity contribution is -0.146. The van der Waals surface area contributed by atoms with Gasteiger partial charge in [0.05, 0.1) is 43.1 Å². The summed E-state index contributed by atoms with van der Waals surface area (Å²) < 4.78 is 13.8. The first-order valence-corrected chi connectivity index (χ1v) is 19.5. The van der Waals surface area contributed by atoms with Crippen LogP contribution in [0.3, 0.4) is 0 Å². The third kappa shape index (κ3) is 5.52. The standard InChI is InChI=1S/C36H41N5O6Si/c1-24-33(48(2,3)45)32(17-18-39-22-30(37-38-39)28(23-42)26-9-5-4-6-10-26)47-36(24)29-11-7-8-12-31(29)41(34(36)43)21-25-13-15-27(16-14-25)40-19-20-46-35(40)44/h4-16,22,24,28,32-33,42,45H,17-21,23H2,1-3H3/t24-,28?,32+,33-,36+/m1/s1. The summed E-state index contributed by atoms with van der Waals surface area (Å²) in [6, 6.07) is 25.1. The Morgan fingerprint density at radius 3 is 2.44 bits per heavy atom. The minimum atomic E-state index is -2.83. The van der Waals surface area contributed by atoms with Gasteiger partial charge in [0.1, 0.15) is 6.61 Å². The quantitative estimate of drug-likeness (QED) is 0.231. The van der Waals surface area contributed by atoms with E-state index in [-0.39, 0.29) is 36.0 Å². The zero-order valence-electron chi connectivity index (χ0n) is 27.4. The van der Waals surface area contributed by atoms with Crippen LogP contribution in [0.4, 0.5) is 16.2 Å². The largest absolute Gasteiger partial charge is 0.447 e. The molecule has 1 unspecified atom stereocenters. The Morgan fingerprint density at radius 2 is 1.75 bits per heavy atom. The third-order valence-corrected chi connectivity index (χ3v) is 12.7. The molecule has 4 aromatic rings. The first kappa shape index (κ1) is 32.2. The van der Waals surface area contributed by atoms with E-state index in [9.17, 15) is 19.5 Å². The van der Waals surface area contributed by atoms with Gasteiger partial charge in [0, 0.05) is 35.5 Å². The van der Waals surface area contributed by atoms with Gasteiger partial charge < -0.3 is 24.3 Å². The van der Waals surface area contributed by atoms with Gasteiger partial charge in [0.15, 0.2) is 13.9 Å². The van der Waals surface area contributed by atoms with Crippen LogP contribution in [0.1, 0.15) is 41.6 Å². The number of benzene rings is 3. The number of carbonyl (C=O) groups excluding carboxylic acids is 2. The molecule has 0 saturated carbocycles. The molecule has 3 aliphatic heterocycles. The van der Waals surface area contributed by atoms with Gasteiger partial charge >= 0.3 is 6.09 Å². The lowest BCUT2D eigenvalue weighted by Crippen LogP contribution is -2.46. The summed E-state index contributed by atoms with van der Waals surface area (Å²) in [6.45, 7) is 7.48. The topological polar surface area (TPSA) is 130 Å². The van der Waals surface area contributed by atoms with Crippen molar-refractivity contribution in [2.24, 2.45) is 5.92 Å². The second kappa shape index (κ2) is 12.6. The fourth-order valence-electron chi connectivity index (χ4n) is 7.95. The highest BCUT2D eigenvalue weighted by Gasteiger charge is 2.66. The molecule has 2 fully saturated rings. The van der Waals surface area contributed by atoms with Crippen molar-refractivity contribution in [3.05, 3.63) is 107 Å². The van der Waals surface area contributed by atoms with Crippen LogP contribution in [0.15, 0.2) is 85.1 Å². The highest BCUT2D eigenvalue weighted by Crippen LogP contribution is 2.59. The van der Waals surface area contributed by atoms with Gasteiger partial charge in [0.25, 0.3) is 5.91 Å². The average molecular weight is 668 g/mol. The molecule has 0 radical (unpaired) electrons. The Bertz CT molecular complexity index is 1790. The van der Waals surface area contributed by atoms with E-state index in [0.717, 1.165) is 28.1 Å². The van der Waals surface area contributed by atoms with Crippen molar-refractivity contribution in [3.8, 4) is 0 Å². The number of aromatic nitrogens is 3. The third-order valence-electron chi connectivity index (χ3n) is 10.2. The normalized spacial score (nSPS) is 24.4. The molecule has 0 bridgehead atoms. The molecule has 1 aromatic heterocycles. The maximum atomic E-state index is 14.7. The summed E-state index contributed by atoms with van der Waals surface area (Å²) in [5.74, 6) is -0.695. The molecule has 3 aliphatic rings. The van der Waals surface area contributed by atoms with Crippen LogP contribution < -0.4 is 9.80 Å². The number of para-hydroxylation sites is 1. The zero-order chi connectivity index (χ0) is 33.6. The van der Waals surface area contributed by atoms with Gasteiger partial charge in [-0.3, -0.25) is 14.4 Å². The van der Waals surface area contributed by atoms with Crippen molar-refractivity contribution in [3.63, 3.8) is 0 Å². The van der Waals surface area contributed by atoms with Crippen LogP contribution >= 0.6 is 0 Å². The number of hydrogen-bond acceptors (Lipinski definition) is 8. The summed E-state index contributed by atoms with van der Waals surface area (Å²) in [4.78, 5) is 41.7. The molecule has 12 heteroatoms. The summed E-state index contributed by atoms with van der Waals surface area (Å²) in [6.07, 6.45) is 1.64. The predicted octanol–water partition coefficient (Wildman–Crippen LogP) is 4.79. The molecule has 3 aromatic carbocycles. The molecule has 48 heavy (non-hydrogen) atoms. The van der Waals surface area contributed by atoms with Gasteiger partial charge in [-0.2, -0.15) is 0 Å². The lowest BCUT2D eigenvalue weighted by atomic mass is 9.82. The Labute approximate surface area is 280 Å². The number of anilines is 2. The first-order valence-electron chi connectivity index (χ1n) is 16.5. The molecule has 7 rings (SSSR count). The van der Waals surface area contributed by atoms with Gasteiger partial charge in [-0.25, -0.2) is 4.79 Å². The Morgan fingerprint density at radius 1 is 1.02 bits per heavy atom. The molecule has 11 nitrogen and oxygen atoms in total. The number of aliphatic hydroxyl groups excluding tert-OH is 1. The fraction of sp³-hybridized carbons (Fsp3) is 0.389. The van der Waals surface area contributed by atoms with Crippen molar-refractivity contribution in [2.45, 2.75) is 62.7 Å². The Kier molecular flexibility index (Phi) is 8.44. The SMILES string of the molecule is C[C@@H]1[C@@H]([Si](C)(C)O)[C@H](CCn2cc(C(CO)c3ccccc3)nn2)O[C@@]12C(=O)N(Cc1ccc(N3CCOC3=O)cc1)c1ccccc12. The highest BCUT2D eigenvalue weighted by atomic mass is 28.4. The maximum Gasteiger partial charge on any atom is 0.414 e. The van der Waals surface area contributed by atoms with Crippen LogP contribution in [-0.2, 0) is 33.0 Å². The van der Waals surface area contributed by atoms with E-state index in [1.165, 1.54) is 0 Å². The van der Waals surface area contributed by atoms with Crippen LogP contribution in [0.2, 0.25) is 18.6 Å². The van der Waals surface area contributed by atoms with Crippen molar-refractivity contribution < 1.29 is 29.0 Å². The van der Waals surface area contributed by atoms with E-state index < -0.39 is 20.0 Å². The molecule has 0 aliphatic carbocycles. The molecule has 4 heterocycles. The summed E-state index contributed by atoms with van der Waals surface area (Å²) in [7, 11) is -2.83. The van der Waals surface area contributed by atoms with Crippen molar-refractivity contribution in [1.82, 2.24) is 15.0 Å². The van der Waals surface area contributed by atoms with Crippen LogP contribution in [0, 0.1) is 5.92 Å². The van der Waals surface area contributed by atoms with Gasteiger partial charge in [-0.15, -0.1) is 5.10 Å². The molecule has 2 saturated heterocycles. The van der Waals surface area contributed by atoms with E-state index in [1.807, 2.05) is 105 Å². The second-order valence-electron chi connectivity index (χ2n) is 13.5. The van der Waals surface area contributed by atoms with Crippen molar-refractivity contribution in [1.29, 1.82) is 0 Å². The van der Waals surface area contributed by atoms with Crippen LogP contribution in [0.25, 0.3) is 0 Å². The number of aryl methyl sites for hydroxylation is 1. The van der Waals surface area contributed by atoms with Gasteiger partial charge in [0.2, 0.25) is 0 Å². The zero-order valence-corrected chi connectivity index (χ0v) is 28.4. The number of fused-ring (bicyclic) bond motifs is 2. The number of carbonyl (C=O) groups is 2. The summed E-state index contributed by atoms with van der Waals surface area (Å²) >= 11 is 0. The average Bonchev–Trinajstić information content (AvgIpc) is 3.85. The fourth-order valence-corrected chi connectivity index (χ4v) is 10.6. The molecule has 5 atom stereocenters. The molecule has 1 spiro atoms. The molecule has 2 N–H and O–H groups in total. The van der Waals surface area contributed by atoms with Crippen molar-refractivity contribution >= 4 is 31.7 Å². The smallest absolute Gasteiger partial charge is 0.414 e. The van der Waals surface area contributed by atoms with E-state index in [0.29, 0.717) is 38.4 Å². The Balaban J connectivity index is 1.13. The van der Waals surface area contributed by atoms with Crippen LogP contribution in [0.5, 0.6) is 0 Å². The lowest BCUT2D eigenvalue weighted by Gasteiger charge is -2.32. The first-order chi connectivity index (χ1) is 23.1. The van der Waals surface area contributed by atoms with E-state index in [1.54, 1.807) is 14.5 Å². The maximum absolute atomic E-state index is 14.7. The van der Waals surface area contributed by atoms with E-state index in [2.05, 4.69) is 10.3 Å². The minimum Gasteiger partial charge on any atom is -0.447 e. The van der Waals surface area contributed by atoms with Gasteiger partial charge in [-0.1, -0.05) is 72.8 Å². The molecular weight excluding hydrogens is 627 g/mol. The number of aliphatic hydroxyl groups is 1. The monoisotopic (exact) mass is 667 g/mol. The summed E-state index contributed by atoms with van der Waals surface area (Å²) in [5.41, 5.74) is 3.49. The predicted molar refractivity (Wildman–Crippen MR) is 182 cm³/mol. The molecule has 2 amide bonds. The number of nitrogens with zero attached hydrogens (tertiary/aromatic N) is 5. The number of cyclic esters (lactones) is 1. The number of hydrogen-bond donors (Lipinski definition) is 2. The summed E-state index contributed by atoms with van der Waals surface area (Å²) in [5, 5.41) is 18.9. The molecule has 250 valence electrons. The highest BCUT2D eigenvalue weighted by molar-refractivity contribution is 6.71. The van der Waals surface area contributed by atoms with Crippen LogP contribution in [-0.4, -0.2) is 71.1 Å². The molecular formula is C36H41N5O6Si. The van der Waals surface area contributed by atoms with E-state index >= 15 is 0 Å². The van der Waals surface area contributed by atoms with E-state index in [4.69, 9.17) is 9.47 Å². The second-order valence-corrected chi connectivity index (χ2v) is 17.5. The minimum absolute atomic E-state index is 0.0872. The number of amides is 2. The number of ether oxygens (including phenoxy) is 2.